The van der Waals surface area contributed by atoms with Crippen molar-refractivity contribution in [1.29, 1.82) is 0 Å². The first-order valence-electron chi connectivity index (χ1n) is 13.4. The number of imidazole rings is 1. The van der Waals surface area contributed by atoms with Crippen molar-refractivity contribution in [3.05, 3.63) is 82.2 Å². The largest absolute Gasteiger partial charge is 0.338 e. The van der Waals surface area contributed by atoms with Gasteiger partial charge in [-0.1, -0.05) is 36.1 Å². The fourth-order valence-corrected chi connectivity index (χ4v) is 5.96. The van der Waals surface area contributed by atoms with Gasteiger partial charge in [0.15, 0.2) is 0 Å². The van der Waals surface area contributed by atoms with Crippen molar-refractivity contribution in [1.82, 2.24) is 24.8 Å². The second-order valence-electron chi connectivity index (χ2n) is 10.9. The van der Waals surface area contributed by atoms with Crippen LogP contribution in [0.5, 0.6) is 0 Å². The number of hydrogen-bond donors (Lipinski definition) is 1. The normalized spacial score (nSPS) is 24.2. The molecule has 2 bridgehead atoms. The summed E-state index contributed by atoms with van der Waals surface area (Å²) in [6, 6.07) is 8.58. The van der Waals surface area contributed by atoms with Crippen LogP contribution in [0.25, 0.3) is 0 Å². The molecule has 4 aliphatic heterocycles. The highest BCUT2D eigenvalue weighted by Crippen LogP contribution is 2.39. The van der Waals surface area contributed by atoms with Crippen molar-refractivity contribution in [2.75, 3.05) is 19.6 Å². The molecule has 202 valence electrons. The molecule has 3 saturated heterocycles. The van der Waals surface area contributed by atoms with E-state index in [-0.39, 0.29) is 29.6 Å². The molecule has 1 unspecified atom stereocenters. The quantitative estimate of drug-likeness (QED) is 0.480. The molecule has 3 aromatic rings. The van der Waals surface area contributed by atoms with Crippen molar-refractivity contribution >= 4 is 5.91 Å². The van der Waals surface area contributed by atoms with Crippen LogP contribution in [-0.2, 0) is 13.0 Å². The van der Waals surface area contributed by atoms with E-state index in [4.69, 9.17) is 0 Å². The molecule has 0 saturated carbocycles. The van der Waals surface area contributed by atoms with Gasteiger partial charge in [0.05, 0.1) is 24.6 Å². The minimum Gasteiger partial charge on any atom is -0.338 e. The number of benzene rings is 1. The van der Waals surface area contributed by atoms with E-state index in [1.165, 1.54) is 12.1 Å². The van der Waals surface area contributed by atoms with Gasteiger partial charge in [0, 0.05) is 34.4 Å². The topological polar surface area (TPSA) is 63.1 Å². The zero-order valence-corrected chi connectivity index (χ0v) is 21.8. The van der Waals surface area contributed by atoms with Crippen molar-refractivity contribution in [2.24, 2.45) is 5.41 Å². The average Bonchev–Trinajstić information content (AvgIpc) is 3.50. The van der Waals surface area contributed by atoms with Crippen LogP contribution >= 0.6 is 0 Å². The van der Waals surface area contributed by atoms with Crippen LogP contribution < -0.4 is 5.32 Å². The summed E-state index contributed by atoms with van der Waals surface area (Å²) >= 11 is 0. The average molecular weight is 534 g/mol. The van der Waals surface area contributed by atoms with Gasteiger partial charge in [-0.3, -0.25) is 4.79 Å². The maximum absolute atomic E-state index is 14.2. The maximum atomic E-state index is 14.2. The molecule has 1 amide bonds. The summed E-state index contributed by atoms with van der Waals surface area (Å²) in [5, 5.41) is 2.99. The van der Waals surface area contributed by atoms with Crippen LogP contribution in [0.4, 0.5) is 13.2 Å². The number of piperidine rings is 3. The number of pyridine rings is 1. The molecule has 39 heavy (non-hydrogen) atoms. The third kappa shape index (κ3) is 5.18. The molecule has 7 rings (SSSR count). The van der Waals surface area contributed by atoms with E-state index in [2.05, 4.69) is 32.0 Å². The summed E-state index contributed by atoms with van der Waals surface area (Å²) in [5.74, 6) is 6.40. The number of nitrogens with zero attached hydrogens (tertiary/aromatic N) is 4. The van der Waals surface area contributed by atoms with Gasteiger partial charge in [-0.15, -0.1) is 0 Å². The second-order valence-corrected chi connectivity index (χ2v) is 10.9. The highest BCUT2D eigenvalue weighted by molar-refractivity contribution is 5.93. The Morgan fingerprint density at radius 3 is 2.49 bits per heavy atom. The Morgan fingerprint density at radius 1 is 1.10 bits per heavy atom. The van der Waals surface area contributed by atoms with E-state index in [1.54, 1.807) is 29.1 Å². The smallest absolute Gasteiger partial charge is 0.270 e. The summed E-state index contributed by atoms with van der Waals surface area (Å²) < 4.78 is 42.3. The van der Waals surface area contributed by atoms with Gasteiger partial charge < -0.3 is 14.8 Å². The van der Waals surface area contributed by atoms with Gasteiger partial charge in [-0.25, -0.2) is 23.1 Å². The van der Waals surface area contributed by atoms with Gasteiger partial charge >= 0.3 is 0 Å². The Balaban J connectivity index is 1.29. The lowest BCUT2D eigenvalue weighted by Gasteiger charge is -2.45. The number of fused-ring (bicyclic) bond motifs is 4. The lowest BCUT2D eigenvalue weighted by molar-refractivity contribution is 0.0680. The van der Waals surface area contributed by atoms with Gasteiger partial charge in [0.2, 0.25) is 0 Å². The molecule has 1 aromatic carbocycles. The number of alkyl halides is 3. The monoisotopic (exact) mass is 533 g/mol. The van der Waals surface area contributed by atoms with E-state index in [0.717, 1.165) is 44.5 Å². The Hall–Kier alpha value is -3.64. The van der Waals surface area contributed by atoms with E-state index >= 15 is 0 Å². The number of nitrogens with one attached hydrogen (secondary N) is 1. The summed E-state index contributed by atoms with van der Waals surface area (Å²) in [6.07, 6.45) is 1.31. The number of aryl methyl sites for hydroxylation is 1. The van der Waals surface area contributed by atoms with E-state index in [0.29, 0.717) is 22.6 Å². The summed E-state index contributed by atoms with van der Waals surface area (Å²) in [4.78, 5) is 24.9. The minimum atomic E-state index is -2.60. The van der Waals surface area contributed by atoms with Crippen LogP contribution in [-0.4, -0.2) is 51.1 Å². The van der Waals surface area contributed by atoms with E-state index < -0.39 is 24.5 Å². The third-order valence-electron chi connectivity index (χ3n) is 8.24. The fraction of sp³-hybridized carbons (Fsp3) is 0.433. The predicted molar refractivity (Wildman–Crippen MR) is 140 cm³/mol. The molecule has 0 radical (unpaired) electrons. The first-order valence-corrected chi connectivity index (χ1v) is 13.4. The molecule has 3 fully saturated rings. The number of halogens is 3. The molecule has 4 aliphatic rings. The zero-order valence-electron chi connectivity index (χ0n) is 21.8. The number of rotatable bonds is 5. The summed E-state index contributed by atoms with van der Waals surface area (Å²) in [7, 11) is 0. The first kappa shape index (κ1) is 25.6. The number of carbonyl (C=O) groups is 1. The maximum Gasteiger partial charge on any atom is 0.270 e. The zero-order chi connectivity index (χ0) is 27.1. The predicted octanol–water partition coefficient (Wildman–Crippen LogP) is 4.78. The van der Waals surface area contributed by atoms with Crippen LogP contribution in [0.3, 0.4) is 0 Å². The molecular weight excluding hydrogens is 503 g/mol. The number of carbonyl (C=O) groups excluding carboxylic acids is 1. The van der Waals surface area contributed by atoms with Crippen molar-refractivity contribution in [2.45, 2.75) is 57.8 Å². The van der Waals surface area contributed by atoms with Crippen LogP contribution in [0.1, 0.15) is 76.0 Å². The second kappa shape index (κ2) is 10.2. The number of aromatic nitrogens is 3. The Morgan fingerprint density at radius 2 is 1.79 bits per heavy atom. The fourth-order valence-electron chi connectivity index (χ4n) is 5.96. The Labute approximate surface area is 225 Å². The molecular formula is C30H30F3N5O. The minimum absolute atomic E-state index is 0.0413. The lowest BCUT2D eigenvalue weighted by Crippen LogP contribution is -2.47. The van der Waals surface area contributed by atoms with E-state index in [9.17, 15) is 18.0 Å². The van der Waals surface area contributed by atoms with E-state index in [1.807, 2.05) is 13.0 Å². The SMILES string of the molecule is Cc1cc(C#CC23CCN(CC2)CC3)cc(C(=O)NC(c2ccc(C(F)F)cc2)c2ncn3c2C[C@@H](F)C3)n1. The van der Waals surface area contributed by atoms with Crippen LogP contribution in [0.2, 0.25) is 0 Å². The van der Waals surface area contributed by atoms with Crippen molar-refractivity contribution < 1.29 is 18.0 Å². The molecule has 2 aromatic heterocycles. The molecule has 9 heteroatoms. The molecule has 2 atom stereocenters. The van der Waals surface area contributed by atoms with Gasteiger partial charge in [-0.05, 0) is 63.5 Å². The van der Waals surface area contributed by atoms with Gasteiger partial charge in [-0.2, -0.15) is 0 Å². The third-order valence-corrected chi connectivity index (χ3v) is 8.24. The van der Waals surface area contributed by atoms with Crippen molar-refractivity contribution in [3.63, 3.8) is 0 Å². The summed E-state index contributed by atoms with van der Waals surface area (Å²) in [5.41, 5.74) is 3.31. The highest BCUT2D eigenvalue weighted by Gasteiger charge is 2.38. The van der Waals surface area contributed by atoms with Gasteiger partial charge in [0.1, 0.15) is 11.9 Å². The Kier molecular flexibility index (Phi) is 6.67. The first-order chi connectivity index (χ1) is 18.8. The molecule has 6 heterocycles. The standard InChI is InChI=1S/C30H30F3N5O/c1-19-14-20(6-7-30-8-11-37(12-9-30)13-10-30)15-24(35-19)29(39)36-26(21-2-4-22(5-3-21)28(32)33)27-25-16-23(31)17-38(25)18-34-27/h2-5,14-15,18,23,26,28H,8-13,16-17H2,1H3,(H,36,39)/t23-,26?/m1/s1. The highest BCUT2D eigenvalue weighted by atomic mass is 19.3. The van der Waals surface area contributed by atoms with Crippen LogP contribution in [0.15, 0.2) is 42.7 Å². The van der Waals surface area contributed by atoms with Crippen LogP contribution in [0, 0.1) is 24.2 Å². The molecule has 6 nitrogen and oxygen atoms in total. The number of amides is 1. The van der Waals surface area contributed by atoms with Crippen molar-refractivity contribution in [3.8, 4) is 11.8 Å². The lowest BCUT2D eigenvalue weighted by atomic mass is 9.72. The van der Waals surface area contributed by atoms with Gasteiger partial charge in [0.25, 0.3) is 12.3 Å². The summed E-state index contributed by atoms with van der Waals surface area (Å²) in [6.45, 7) is 5.27. The Bertz CT molecular complexity index is 1430. The molecule has 0 aliphatic carbocycles. The molecule has 0 spiro atoms. The number of hydrogen-bond acceptors (Lipinski definition) is 4. The molecule has 1 N–H and O–H groups in total.